The predicted octanol–water partition coefficient (Wildman–Crippen LogP) is 0.974. The van der Waals surface area contributed by atoms with Crippen LogP contribution >= 0.6 is 0 Å². The van der Waals surface area contributed by atoms with Gasteiger partial charge >= 0.3 is 0 Å². The van der Waals surface area contributed by atoms with E-state index in [0.29, 0.717) is 25.4 Å². The molecule has 0 aliphatic heterocycles. The highest BCUT2D eigenvalue weighted by atomic mass is 16.1. The number of amides is 1. The molecule has 14 heavy (non-hydrogen) atoms. The molecule has 0 saturated heterocycles. The third-order valence-corrected chi connectivity index (χ3v) is 2.28. The molecular formula is C11H18N2O. The van der Waals surface area contributed by atoms with Crippen LogP contribution in [0, 0.1) is 5.92 Å². The van der Waals surface area contributed by atoms with Crippen LogP contribution in [-0.4, -0.2) is 19.0 Å². The first kappa shape index (κ1) is 11.0. The fourth-order valence-electron chi connectivity index (χ4n) is 1.53. The van der Waals surface area contributed by atoms with E-state index in [-0.39, 0.29) is 5.91 Å². The second-order valence-electron chi connectivity index (χ2n) is 3.48. The molecule has 0 radical (unpaired) electrons. The summed E-state index contributed by atoms with van der Waals surface area (Å²) in [5, 5.41) is 2.83. The van der Waals surface area contributed by atoms with E-state index < -0.39 is 0 Å². The lowest BCUT2D eigenvalue weighted by atomic mass is 10.1. The minimum atomic E-state index is 0.128. The standard InChI is InChI=1S/C11H18N2O/c12-7-3-4-8-13-11(14)9-10-5-1-2-6-10/h1,3-5,10H,2,6-9,12H2,(H,13,14)/b4-3+. The van der Waals surface area contributed by atoms with Gasteiger partial charge in [-0.1, -0.05) is 24.3 Å². The van der Waals surface area contributed by atoms with Crippen molar-refractivity contribution in [2.75, 3.05) is 13.1 Å². The summed E-state index contributed by atoms with van der Waals surface area (Å²) in [4.78, 5) is 11.4. The van der Waals surface area contributed by atoms with Crippen LogP contribution in [0.1, 0.15) is 19.3 Å². The van der Waals surface area contributed by atoms with Gasteiger partial charge in [0.1, 0.15) is 0 Å². The van der Waals surface area contributed by atoms with Gasteiger partial charge in [-0.2, -0.15) is 0 Å². The van der Waals surface area contributed by atoms with E-state index in [0.717, 1.165) is 12.8 Å². The number of allylic oxidation sites excluding steroid dienone is 2. The molecule has 0 aromatic heterocycles. The van der Waals surface area contributed by atoms with Gasteiger partial charge in [-0.3, -0.25) is 4.79 Å². The third kappa shape index (κ3) is 4.23. The SMILES string of the molecule is NC/C=C/CNC(=O)CC1C=CCC1. The Hall–Kier alpha value is -1.09. The van der Waals surface area contributed by atoms with Crippen LogP contribution in [0.4, 0.5) is 0 Å². The Labute approximate surface area is 85.1 Å². The Morgan fingerprint density at radius 1 is 1.57 bits per heavy atom. The molecule has 1 aliphatic carbocycles. The summed E-state index contributed by atoms with van der Waals surface area (Å²) in [5.41, 5.74) is 5.27. The second-order valence-corrected chi connectivity index (χ2v) is 3.48. The van der Waals surface area contributed by atoms with Crippen molar-refractivity contribution in [3.8, 4) is 0 Å². The van der Waals surface area contributed by atoms with E-state index in [1.165, 1.54) is 0 Å². The zero-order chi connectivity index (χ0) is 10.2. The van der Waals surface area contributed by atoms with Crippen molar-refractivity contribution in [2.24, 2.45) is 11.7 Å². The lowest BCUT2D eigenvalue weighted by Gasteiger charge is -2.06. The molecule has 1 unspecified atom stereocenters. The molecule has 1 aliphatic rings. The average Bonchev–Trinajstić information content (AvgIpc) is 2.65. The maximum absolute atomic E-state index is 11.4. The number of hydrogen-bond donors (Lipinski definition) is 2. The first-order valence-corrected chi connectivity index (χ1v) is 5.11. The highest BCUT2D eigenvalue weighted by Crippen LogP contribution is 2.19. The smallest absolute Gasteiger partial charge is 0.220 e. The molecule has 0 saturated carbocycles. The summed E-state index contributed by atoms with van der Waals surface area (Å²) in [6.45, 7) is 1.12. The Morgan fingerprint density at radius 2 is 2.43 bits per heavy atom. The van der Waals surface area contributed by atoms with E-state index in [1.807, 2.05) is 12.2 Å². The minimum absolute atomic E-state index is 0.128. The molecule has 1 amide bonds. The molecule has 0 aromatic carbocycles. The number of carbonyl (C=O) groups is 1. The summed E-state index contributed by atoms with van der Waals surface area (Å²) in [5.74, 6) is 0.580. The van der Waals surface area contributed by atoms with Gasteiger partial charge in [0.25, 0.3) is 0 Å². The third-order valence-electron chi connectivity index (χ3n) is 2.28. The lowest BCUT2D eigenvalue weighted by molar-refractivity contribution is -0.121. The van der Waals surface area contributed by atoms with E-state index >= 15 is 0 Å². The topological polar surface area (TPSA) is 55.1 Å². The lowest BCUT2D eigenvalue weighted by Crippen LogP contribution is -2.24. The van der Waals surface area contributed by atoms with Crippen LogP contribution in [-0.2, 0) is 4.79 Å². The first-order chi connectivity index (χ1) is 6.83. The van der Waals surface area contributed by atoms with Crippen LogP contribution in [0.5, 0.6) is 0 Å². The number of nitrogens with one attached hydrogen (secondary N) is 1. The Morgan fingerprint density at radius 3 is 3.07 bits per heavy atom. The van der Waals surface area contributed by atoms with Crippen molar-refractivity contribution in [1.29, 1.82) is 0 Å². The minimum Gasteiger partial charge on any atom is -0.353 e. The van der Waals surface area contributed by atoms with Gasteiger partial charge in [0.05, 0.1) is 0 Å². The highest BCUT2D eigenvalue weighted by molar-refractivity contribution is 5.76. The second kappa shape index (κ2) is 6.38. The molecule has 0 heterocycles. The van der Waals surface area contributed by atoms with Crippen LogP contribution in [0.25, 0.3) is 0 Å². The Kier molecular flexibility index (Phi) is 5.00. The number of carbonyl (C=O) groups excluding carboxylic acids is 1. The summed E-state index contributed by atoms with van der Waals surface area (Å²) < 4.78 is 0. The molecule has 1 atom stereocenters. The maximum atomic E-state index is 11.4. The summed E-state index contributed by atoms with van der Waals surface area (Å²) in [7, 11) is 0. The number of rotatable bonds is 5. The van der Waals surface area contributed by atoms with Crippen LogP contribution in [0.15, 0.2) is 24.3 Å². The fourth-order valence-corrected chi connectivity index (χ4v) is 1.53. The number of hydrogen-bond acceptors (Lipinski definition) is 2. The van der Waals surface area contributed by atoms with E-state index in [4.69, 9.17) is 5.73 Å². The molecule has 0 spiro atoms. The molecule has 1 rings (SSSR count). The van der Waals surface area contributed by atoms with Crippen molar-refractivity contribution in [3.05, 3.63) is 24.3 Å². The summed E-state index contributed by atoms with van der Waals surface area (Å²) in [6, 6.07) is 0. The zero-order valence-electron chi connectivity index (χ0n) is 8.41. The molecule has 0 aromatic rings. The van der Waals surface area contributed by atoms with Crippen LogP contribution in [0.2, 0.25) is 0 Å². The normalized spacial score (nSPS) is 20.5. The Bertz CT molecular complexity index is 233. The molecular weight excluding hydrogens is 176 g/mol. The maximum Gasteiger partial charge on any atom is 0.220 e. The fraction of sp³-hybridized carbons (Fsp3) is 0.545. The predicted molar refractivity (Wildman–Crippen MR) is 57.7 cm³/mol. The molecule has 3 nitrogen and oxygen atoms in total. The van der Waals surface area contributed by atoms with Gasteiger partial charge in [0.2, 0.25) is 5.91 Å². The van der Waals surface area contributed by atoms with Crippen molar-refractivity contribution >= 4 is 5.91 Å². The molecule has 3 heteroatoms. The van der Waals surface area contributed by atoms with Crippen LogP contribution < -0.4 is 11.1 Å². The monoisotopic (exact) mass is 194 g/mol. The van der Waals surface area contributed by atoms with E-state index in [1.54, 1.807) is 0 Å². The molecule has 3 N–H and O–H groups in total. The average molecular weight is 194 g/mol. The van der Waals surface area contributed by atoms with Gasteiger partial charge < -0.3 is 11.1 Å². The van der Waals surface area contributed by atoms with Crippen molar-refractivity contribution in [1.82, 2.24) is 5.32 Å². The largest absolute Gasteiger partial charge is 0.353 e. The van der Waals surface area contributed by atoms with Crippen molar-refractivity contribution in [2.45, 2.75) is 19.3 Å². The summed E-state index contributed by atoms with van der Waals surface area (Å²) >= 11 is 0. The van der Waals surface area contributed by atoms with E-state index in [9.17, 15) is 4.79 Å². The van der Waals surface area contributed by atoms with E-state index in [2.05, 4.69) is 17.5 Å². The van der Waals surface area contributed by atoms with Gasteiger partial charge in [-0.25, -0.2) is 0 Å². The van der Waals surface area contributed by atoms with Crippen molar-refractivity contribution in [3.63, 3.8) is 0 Å². The van der Waals surface area contributed by atoms with Gasteiger partial charge in [-0.05, 0) is 18.8 Å². The number of nitrogens with two attached hydrogens (primary N) is 1. The highest BCUT2D eigenvalue weighted by Gasteiger charge is 2.12. The van der Waals surface area contributed by atoms with Gasteiger partial charge in [0, 0.05) is 19.5 Å². The summed E-state index contributed by atoms with van der Waals surface area (Å²) in [6.07, 6.45) is 10.9. The van der Waals surface area contributed by atoms with Crippen molar-refractivity contribution < 1.29 is 4.79 Å². The molecule has 0 bridgehead atoms. The Balaban J connectivity index is 2.09. The quantitative estimate of drug-likeness (QED) is 0.641. The molecule has 0 fully saturated rings. The zero-order valence-corrected chi connectivity index (χ0v) is 8.41. The van der Waals surface area contributed by atoms with Crippen LogP contribution in [0.3, 0.4) is 0 Å². The van der Waals surface area contributed by atoms with Gasteiger partial charge in [-0.15, -0.1) is 0 Å². The molecule has 78 valence electrons. The van der Waals surface area contributed by atoms with Gasteiger partial charge in [0.15, 0.2) is 0 Å². The first-order valence-electron chi connectivity index (χ1n) is 5.11.